The molecule has 0 radical (unpaired) electrons. The number of nitrogens with one attached hydrogen (secondary N) is 4. The first-order valence-corrected chi connectivity index (χ1v) is 11.9. The zero-order valence-corrected chi connectivity index (χ0v) is 19.7. The van der Waals surface area contributed by atoms with Crippen LogP contribution in [-0.4, -0.2) is 52.3 Å². The minimum atomic E-state index is -3.85. The summed E-state index contributed by atoms with van der Waals surface area (Å²) in [4.78, 5) is 38.1. The zero-order valence-electron chi connectivity index (χ0n) is 18.8. The highest BCUT2D eigenvalue weighted by Gasteiger charge is 2.16. The summed E-state index contributed by atoms with van der Waals surface area (Å²) >= 11 is 0. The molecule has 2 aromatic carbocycles. The van der Waals surface area contributed by atoms with Gasteiger partial charge in [0.25, 0.3) is 11.8 Å². The molecule has 0 fully saturated rings. The normalized spacial score (nSPS) is 10.9. The standard InChI is InChI=1S/C22H29N5O5S/c1-4-27(5-2)18-10-8-17(9-11-18)22(30)26-25-21(29)14-23-20(28)15-24-33(31,32)19-12-6-16(3)7-13-19/h6-13,24H,4-5,14-15H2,1-3H3,(H,23,28)(H,25,29)(H,26,30). The predicted octanol–water partition coefficient (Wildman–Crippen LogP) is 0.697. The van der Waals surface area contributed by atoms with Crippen molar-refractivity contribution in [2.75, 3.05) is 31.1 Å². The number of carbonyl (C=O) groups excluding carboxylic acids is 3. The van der Waals surface area contributed by atoms with Crippen LogP contribution in [0.5, 0.6) is 0 Å². The van der Waals surface area contributed by atoms with Gasteiger partial charge in [0, 0.05) is 24.3 Å². The number of amides is 3. The molecule has 11 heteroatoms. The van der Waals surface area contributed by atoms with E-state index in [1.54, 1.807) is 24.3 Å². The van der Waals surface area contributed by atoms with Crippen molar-refractivity contribution in [3.63, 3.8) is 0 Å². The third kappa shape index (κ3) is 7.88. The molecule has 3 amide bonds. The van der Waals surface area contributed by atoms with Gasteiger partial charge >= 0.3 is 0 Å². The fourth-order valence-electron chi connectivity index (χ4n) is 2.86. The molecule has 178 valence electrons. The number of anilines is 1. The summed E-state index contributed by atoms with van der Waals surface area (Å²) in [6.07, 6.45) is 0. The molecule has 0 unspecified atom stereocenters. The van der Waals surface area contributed by atoms with Crippen molar-refractivity contribution in [1.29, 1.82) is 0 Å². The number of carbonyl (C=O) groups is 3. The molecule has 0 saturated carbocycles. The van der Waals surface area contributed by atoms with E-state index in [9.17, 15) is 22.8 Å². The van der Waals surface area contributed by atoms with E-state index in [0.717, 1.165) is 24.3 Å². The van der Waals surface area contributed by atoms with Gasteiger partial charge in [0.05, 0.1) is 18.0 Å². The van der Waals surface area contributed by atoms with Crippen molar-refractivity contribution in [3.05, 3.63) is 59.7 Å². The highest BCUT2D eigenvalue weighted by atomic mass is 32.2. The minimum absolute atomic E-state index is 0.0338. The summed E-state index contributed by atoms with van der Waals surface area (Å²) in [5, 5.41) is 2.28. The largest absolute Gasteiger partial charge is 0.372 e. The zero-order chi connectivity index (χ0) is 24.4. The van der Waals surface area contributed by atoms with Gasteiger partial charge in [-0.25, -0.2) is 13.1 Å². The van der Waals surface area contributed by atoms with E-state index >= 15 is 0 Å². The highest BCUT2D eigenvalue weighted by molar-refractivity contribution is 7.89. The van der Waals surface area contributed by atoms with Crippen LogP contribution < -0.4 is 25.8 Å². The fraction of sp³-hybridized carbons (Fsp3) is 0.318. The molecule has 0 atom stereocenters. The summed E-state index contributed by atoms with van der Waals surface area (Å²) in [6, 6.07) is 13.1. The van der Waals surface area contributed by atoms with Crippen molar-refractivity contribution in [3.8, 4) is 0 Å². The van der Waals surface area contributed by atoms with Crippen molar-refractivity contribution >= 4 is 33.4 Å². The Morgan fingerprint density at radius 1 is 0.818 bits per heavy atom. The molecule has 4 N–H and O–H groups in total. The Labute approximate surface area is 193 Å². The van der Waals surface area contributed by atoms with Crippen LogP contribution in [0.4, 0.5) is 5.69 Å². The van der Waals surface area contributed by atoms with Gasteiger partial charge in [-0.3, -0.25) is 25.2 Å². The first-order valence-electron chi connectivity index (χ1n) is 10.4. The van der Waals surface area contributed by atoms with Gasteiger partial charge in [0.15, 0.2) is 0 Å². The van der Waals surface area contributed by atoms with Crippen molar-refractivity contribution < 1.29 is 22.8 Å². The van der Waals surface area contributed by atoms with Crippen LogP contribution in [0.25, 0.3) is 0 Å². The Kier molecular flexibility index (Phi) is 9.37. The second-order valence-electron chi connectivity index (χ2n) is 7.14. The molecule has 0 heterocycles. The van der Waals surface area contributed by atoms with E-state index in [0.29, 0.717) is 5.56 Å². The highest BCUT2D eigenvalue weighted by Crippen LogP contribution is 2.14. The van der Waals surface area contributed by atoms with Gasteiger partial charge < -0.3 is 10.2 Å². The summed E-state index contributed by atoms with van der Waals surface area (Å²) < 4.78 is 26.5. The summed E-state index contributed by atoms with van der Waals surface area (Å²) in [7, 11) is -3.85. The van der Waals surface area contributed by atoms with Crippen LogP contribution in [-0.2, 0) is 19.6 Å². The average Bonchev–Trinajstić information content (AvgIpc) is 2.81. The molecule has 2 aromatic rings. The average molecular weight is 476 g/mol. The first kappa shape index (κ1) is 25.8. The molecule has 0 aromatic heterocycles. The molecule has 33 heavy (non-hydrogen) atoms. The lowest BCUT2D eigenvalue weighted by Gasteiger charge is -2.21. The molecule has 0 spiro atoms. The van der Waals surface area contributed by atoms with Crippen LogP contribution in [0, 0.1) is 6.92 Å². The maximum Gasteiger partial charge on any atom is 0.269 e. The lowest BCUT2D eigenvalue weighted by Crippen LogP contribution is -2.47. The topological polar surface area (TPSA) is 137 Å². The monoisotopic (exact) mass is 475 g/mol. The van der Waals surface area contributed by atoms with Crippen molar-refractivity contribution in [2.45, 2.75) is 25.7 Å². The maximum atomic E-state index is 12.2. The SMILES string of the molecule is CCN(CC)c1ccc(C(=O)NNC(=O)CNC(=O)CNS(=O)(=O)c2ccc(C)cc2)cc1. The minimum Gasteiger partial charge on any atom is -0.372 e. The lowest BCUT2D eigenvalue weighted by atomic mass is 10.2. The van der Waals surface area contributed by atoms with Crippen LogP contribution in [0.1, 0.15) is 29.8 Å². The van der Waals surface area contributed by atoms with Gasteiger partial charge in [-0.05, 0) is 57.2 Å². The number of sulfonamides is 1. The van der Waals surface area contributed by atoms with Gasteiger partial charge in [-0.1, -0.05) is 17.7 Å². The van der Waals surface area contributed by atoms with Gasteiger partial charge in [-0.2, -0.15) is 0 Å². The van der Waals surface area contributed by atoms with E-state index in [1.807, 2.05) is 32.9 Å². The Hall–Kier alpha value is -3.44. The lowest BCUT2D eigenvalue weighted by molar-refractivity contribution is -0.125. The number of hydrogen-bond acceptors (Lipinski definition) is 6. The summed E-state index contributed by atoms with van der Waals surface area (Å²) in [5.74, 6) is -1.87. The maximum absolute atomic E-state index is 12.2. The Morgan fingerprint density at radius 3 is 2.00 bits per heavy atom. The number of rotatable bonds is 10. The van der Waals surface area contributed by atoms with Crippen LogP contribution in [0.15, 0.2) is 53.4 Å². The summed E-state index contributed by atoms with van der Waals surface area (Å²) in [6.45, 7) is 6.62. The van der Waals surface area contributed by atoms with Crippen LogP contribution in [0.2, 0.25) is 0 Å². The van der Waals surface area contributed by atoms with Gasteiger partial charge in [0.2, 0.25) is 15.9 Å². The van der Waals surface area contributed by atoms with Crippen LogP contribution in [0.3, 0.4) is 0 Å². The number of benzene rings is 2. The first-order chi connectivity index (χ1) is 15.7. The Morgan fingerprint density at radius 2 is 1.42 bits per heavy atom. The van der Waals surface area contributed by atoms with Crippen molar-refractivity contribution in [1.82, 2.24) is 20.9 Å². The van der Waals surface area contributed by atoms with Gasteiger partial charge in [-0.15, -0.1) is 0 Å². The molecular formula is C22H29N5O5S. The molecule has 0 aliphatic rings. The molecule has 0 saturated heterocycles. The number of aryl methyl sites for hydroxylation is 1. The van der Waals surface area contributed by atoms with Crippen molar-refractivity contribution in [2.24, 2.45) is 0 Å². The van der Waals surface area contributed by atoms with E-state index in [2.05, 4.69) is 25.8 Å². The number of nitrogens with zero attached hydrogens (tertiary/aromatic N) is 1. The molecule has 0 bridgehead atoms. The fourth-order valence-corrected chi connectivity index (χ4v) is 3.84. The molecule has 0 aliphatic heterocycles. The Bertz CT molecular complexity index is 1070. The molecule has 0 aliphatic carbocycles. The molecule has 2 rings (SSSR count). The molecular weight excluding hydrogens is 446 g/mol. The third-order valence-electron chi connectivity index (χ3n) is 4.77. The van der Waals surface area contributed by atoms with E-state index in [4.69, 9.17) is 0 Å². The number of hydrogen-bond donors (Lipinski definition) is 4. The van der Waals surface area contributed by atoms with E-state index < -0.39 is 40.8 Å². The quantitative estimate of drug-likeness (QED) is 0.374. The Balaban J connectivity index is 1.74. The summed E-state index contributed by atoms with van der Waals surface area (Å²) in [5.41, 5.74) is 6.72. The second kappa shape index (κ2) is 12.0. The second-order valence-corrected chi connectivity index (χ2v) is 8.90. The van der Waals surface area contributed by atoms with Crippen LogP contribution >= 0.6 is 0 Å². The predicted molar refractivity (Wildman–Crippen MR) is 125 cm³/mol. The third-order valence-corrected chi connectivity index (χ3v) is 6.19. The van der Waals surface area contributed by atoms with Gasteiger partial charge in [0.1, 0.15) is 0 Å². The number of hydrazine groups is 1. The molecule has 10 nitrogen and oxygen atoms in total. The van der Waals surface area contributed by atoms with E-state index in [1.165, 1.54) is 12.1 Å². The van der Waals surface area contributed by atoms with E-state index in [-0.39, 0.29) is 4.90 Å². The smallest absolute Gasteiger partial charge is 0.269 e.